The minimum Gasteiger partial charge on any atom is -0.471 e. The third-order valence-electron chi connectivity index (χ3n) is 4.16. The number of nitriles is 1. The normalized spacial score (nSPS) is 17.4. The molecule has 10 nitrogen and oxygen atoms in total. The van der Waals surface area contributed by atoms with Crippen molar-refractivity contribution in [3.63, 3.8) is 0 Å². The highest BCUT2D eigenvalue weighted by Gasteiger charge is 2.35. The molecule has 2 heterocycles. The van der Waals surface area contributed by atoms with Gasteiger partial charge in [-0.05, 0) is 18.9 Å². The molecule has 1 saturated heterocycles. The highest BCUT2D eigenvalue weighted by atomic mass is 32.2. The SMILES string of the molecule is Cc1ccc([N+](=O)[O-])cc1S(=O)(=O)N1CCC(Oc2nccnc2C#N)C1. The van der Waals surface area contributed by atoms with Crippen molar-refractivity contribution in [2.24, 2.45) is 0 Å². The zero-order valence-electron chi connectivity index (χ0n) is 14.3. The van der Waals surface area contributed by atoms with Crippen LogP contribution in [0.4, 0.5) is 5.69 Å². The molecule has 1 aliphatic heterocycles. The summed E-state index contributed by atoms with van der Waals surface area (Å²) >= 11 is 0. The number of sulfonamides is 1. The van der Waals surface area contributed by atoms with Crippen LogP contribution in [0, 0.1) is 28.4 Å². The monoisotopic (exact) mass is 389 g/mol. The summed E-state index contributed by atoms with van der Waals surface area (Å²) in [4.78, 5) is 18.0. The molecule has 11 heteroatoms. The van der Waals surface area contributed by atoms with Gasteiger partial charge in [0, 0.05) is 31.1 Å². The summed E-state index contributed by atoms with van der Waals surface area (Å²) in [6.45, 7) is 1.82. The number of rotatable bonds is 5. The van der Waals surface area contributed by atoms with Gasteiger partial charge in [-0.3, -0.25) is 10.1 Å². The first-order chi connectivity index (χ1) is 12.8. The van der Waals surface area contributed by atoms with Crippen molar-refractivity contribution < 1.29 is 18.1 Å². The number of aromatic nitrogens is 2. The first-order valence-corrected chi connectivity index (χ1v) is 9.40. The molecule has 0 amide bonds. The Morgan fingerprint density at radius 2 is 2.11 bits per heavy atom. The predicted octanol–water partition coefficient (Wildman–Crippen LogP) is 1.41. The van der Waals surface area contributed by atoms with Crippen LogP contribution in [-0.4, -0.2) is 46.8 Å². The Morgan fingerprint density at radius 1 is 1.37 bits per heavy atom. The highest BCUT2D eigenvalue weighted by Crippen LogP contribution is 2.28. The van der Waals surface area contributed by atoms with E-state index in [1.807, 2.05) is 6.07 Å². The summed E-state index contributed by atoms with van der Waals surface area (Å²) in [5.74, 6) is 0.0516. The fourth-order valence-corrected chi connectivity index (χ4v) is 4.51. The van der Waals surface area contributed by atoms with Crippen LogP contribution in [0.1, 0.15) is 17.7 Å². The fraction of sp³-hybridized carbons (Fsp3) is 0.312. The van der Waals surface area contributed by atoms with Crippen LogP contribution in [0.5, 0.6) is 5.88 Å². The van der Waals surface area contributed by atoms with Gasteiger partial charge in [-0.15, -0.1) is 0 Å². The molecule has 1 aromatic carbocycles. The number of ether oxygens (including phenoxy) is 1. The Kier molecular flexibility index (Phi) is 5.02. The zero-order chi connectivity index (χ0) is 19.6. The summed E-state index contributed by atoms with van der Waals surface area (Å²) in [5, 5.41) is 20.0. The Morgan fingerprint density at radius 3 is 2.81 bits per heavy atom. The Hall–Kier alpha value is -3.10. The van der Waals surface area contributed by atoms with Crippen LogP contribution < -0.4 is 4.74 Å². The largest absolute Gasteiger partial charge is 0.471 e. The lowest BCUT2D eigenvalue weighted by molar-refractivity contribution is -0.385. The van der Waals surface area contributed by atoms with Gasteiger partial charge in [-0.2, -0.15) is 9.57 Å². The molecular weight excluding hydrogens is 374 g/mol. The van der Waals surface area contributed by atoms with Crippen LogP contribution in [-0.2, 0) is 10.0 Å². The molecule has 0 spiro atoms. The van der Waals surface area contributed by atoms with E-state index in [9.17, 15) is 18.5 Å². The van der Waals surface area contributed by atoms with Crippen molar-refractivity contribution >= 4 is 15.7 Å². The lowest BCUT2D eigenvalue weighted by Crippen LogP contribution is -2.31. The van der Waals surface area contributed by atoms with Crippen LogP contribution in [0.25, 0.3) is 0 Å². The van der Waals surface area contributed by atoms with E-state index in [0.29, 0.717) is 12.0 Å². The van der Waals surface area contributed by atoms with Gasteiger partial charge in [0.2, 0.25) is 15.7 Å². The summed E-state index contributed by atoms with van der Waals surface area (Å²) in [7, 11) is -3.92. The molecular formula is C16H15N5O5S. The topological polar surface area (TPSA) is 139 Å². The van der Waals surface area contributed by atoms with Crippen LogP contribution in [0.15, 0.2) is 35.5 Å². The van der Waals surface area contributed by atoms with E-state index in [2.05, 4.69) is 9.97 Å². The Bertz CT molecular complexity index is 1030. The van der Waals surface area contributed by atoms with E-state index in [1.165, 1.54) is 28.8 Å². The summed E-state index contributed by atoms with van der Waals surface area (Å²) in [5.41, 5.74) is 0.156. The molecule has 27 heavy (non-hydrogen) atoms. The first kappa shape index (κ1) is 18.7. The molecule has 3 rings (SSSR count). The minimum atomic E-state index is -3.92. The molecule has 1 unspecified atom stereocenters. The van der Waals surface area contributed by atoms with Crippen molar-refractivity contribution in [2.45, 2.75) is 24.3 Å². The van der Waals surface area contributed by atoms with E-state index >= 15 is 0 Å². The molecule has 0 N–H and O–H groups in total. The average molecular weight is 389 g/mol. The van der Waals surface area contributed by atoms with Crippen molar-refractivity contribution in [3.8, 4) is 11.9 Å². The van der Waals surface area contributed by atoms with Gasteiger partial charge in [0.1, 0.15) is 12.2 Å². The fourth-order valence-electron chi connectivity index (χ4n) is 2.78. The summed E-state index contributed by atoms with van der Waals surface area (Å²) in [6, 6.07) is 5.61. The van der Waals surface area contributed by atoms with Gasteiger partial charge in [0.25, 0.3) is 11.6 Å². The lowest BCUT2D eigenvalue weighted by Gasteiger charge is -2.18. The van der Waals surface area contributed by atoms with Gasteiger partial charge in [0.05, 0.1) is 16.4 Å². The minimum absolute atomic E-state index is 0.0216. The molecule has 1 aromatic heterocycles. The molecule has 2 aromatic rings. The van der Waals surface area contributed by atoms with E-state index in [0.717, 1.165) is 6.07 Å². The molecule has 0 radical (unpaired) electrons. The maximum absolute atomic E-state index is 12.9. The van der Waals surface area contributed by atoms with Crippen LogP contribution >= 0.6 is 0 Å². The second kappa shape index (κ2) is 7.26. The zero-order valence-corrected chi connectivity index (χ0v) is 15.1. The van der Waals surface area contributed by atoms with Crippen molar-refractivity contribution in [1.29, 1.82) is 5.26 Å². The Balaban J connectivity index is 1.81. The standard InChI is InChI=1S/C16H15N5O5S/c1-11-2-3-12(21(22)23)8-15(11)27(24,25)20-7-4-13(10-20)26-16-14(9-17)18-5-6-19-16/h2-3,5-6,8,13H,4,7,10H2,1H3. The molecule has 140 valence electrons. The third-order valence-corrected chi connectivity index (χ3v) is 6.16. The maximum atomic E-state index is 12.9. The number of nitro benzene ring substituents is 1. The quantitative estimate of drug-likeness (QED) is 0.552. The van der Waals surface area contributed by atoms with Gasteiger partial charge < -0.3 is 4.74 Å². The molecule has 1 fully saturated rings. The predicted molar refractivity (Wildman–Crippen MR) is 92.4 cm³/mol. The van der Waals surface area contributed by atoms with Crippen molar-refractivity contribution in [2.75, 3.05) is 13.1 Å². The first-order valence-electron chi connectivity index (χ1n) is 7.96. The number of nitrogens with zero attached hydrogens (tertiary/aromatic N) is 5. The van der Waals surface area contributed by atoms with Crippen molar-refractivity contribution in [1.82, 2.24) is 14.3 Å². The van der Waals surface area contributed by atoms with E-state index in [4.69, 9.17) is 10.00 Å². The molecule has 0 aliphatic carbocycles. The van der Waals surface area contributed by atoms with E-state index in [-0.39, 0.29) is 35.2 Å². The third kappa shape index (κ3) is 3.71. The number of benzene rings is 1. The summed E-state index contributed by atoms with van der Waals surface area (Å²) < 4.78 is 32.7. The molecule has 1 atom stereocenters. The highest BCUT2D eigenvalue weighted by molar-refractivity contribution is 7.89. The van der Waals surface area contributed by atoms with E-state index < -0.39 is 21.1 Å². The smallest absolute Gasteiger partial charge is 0.270 e. The number of hydrogen-bond acceptors (Lipinski definition) is 8. The van der Waals surface area contributed by atoms with Crippen molar-refractivity contribution in [3.05, 3.63) is 52.0 Å². The second-order valence-corrected chi connectivity index (χ2v) is 7.83. The lowest BCUT2D eigenvalue weighted by atomic mass is 10.2. The van der Waals surface area contributed by atoms with Crippen LogP contribution in [0.3, 0.4) is 0 Å². The van der Waals surface area contributed by atoms with Gasteiger partial charge in [-0.25, -0.2) is 18.4 Å². The average Bonchev–Trinajstić information content (AvgIpc) is 3.11. The molecule has 0 saturated carbocycles. The van der Waals surface area contributed by atoms with E-state index in [1.54, 1.807) is 6.92 Å². The van der Waals surface area contributed by atoms with Gasteiger partial charge in [-0.1, -0.05) is 6.07 Å². The number of hydrogen-bond donors (Lipinski definition) is 0. The maximum Gasteiger partial charge on any atom is 0.270 e. The van der Waals surface area contributed by atoms with Gasteiger partial charge >= 0.3 is 0 Å². The number of nitro groups is 1. The summed E-state index contributed by atoms with van der Waals surface area (Å²) in [6.07, 6.45) is 2.64. The Labute approximate surface area is 155 Å². The van der Waals surface area contributed by atoms with Gasteiger partial charge in [0.15, 0.2) is 0 Å². The van der Waals surface area contributed by atoms with Crippen LogP contribution in [0.2, 0.25) is 0 Å². The number of aryl methyl sites for hydroxylation is 1. The molecule has 0 bridgehead atoms. The number of non-ortho nitro benzene ring substituents is 1. The second-order valence-electron chi connectivity index (χ2n) is 5.92. The molecule has 1 aliphatic rings.